The molecular weight excluding hydrogens is 258 g/mol. The van der Waals surface area contributed by atoms with E-state index in [9.17, 15) is 0 Å². The van der Waals surface area contributed by atoms with Crippen LogP contribution in [0.5, 0.6) is 5.75 Å². The quantitative estimate of drug-likeness (QED) is 0.720. The molecule has 0 saturated carbocycles. The van der Waals surface area contributed by atoms with Crippen LogP contribution < -0.4 is 10.1 Å². The second-order valence-electron chi connectivity index (χ2n) is 5.18. The maximum atomic E-state index is 5.97. The Balaban J connectivity index is 1.95. The van der Waals surface area contributed by atoms with Crippen LogP contribution in [0.15, 0.2) is 54.6 Å². The molecule has 0 saturated heterocycles. The minimum atomic E-state index is 0.595. The van der Waals surface area contributed by atoms with E-state index in [0.29, 0.717) is 12.6 Å². The van der Waals surface area contributed by atoms with E-state index < -0.39 is 0 Å². The molecule has 2 aromatic carbocycles. The summed E-state index contributed by atoms with van der Waals surface area (Å²) in [4.78, 5) is 0. The van der Waals surface area contributed by atoms with Crippen molar-refractivity contribution in [1.82, 2.24) is 5.32 Å². The fraction of sp³-hybridized carbons (Fsp3) is 0.368. The van der Waals surface area contributed by atoms with Crippen molar-refractivity contribution in [3.05, 3.63) is 54.6 Å². The first kappa shape index (κ1) is 15.6. The molecule has 0 heterocycles. The fourth-order valence-electron chi connectivity index (χ4n) is 2.45. The number of benzene rings is 2. The lowest BCUT2D eigenvalue weighted by Gasteiger charge is -2.16. The summed E-state index contributed by atoms with van der Waals surface area (Å²) in [6.07, 6.45) is 2.33. The average Bonchev–Trinajstić information content (AvgIpc) is 2.56. The van der Waals surface area contributed by atoms with E-state index in [1.54, 1.807) is 0 Å². The third-order valence-electron chi connectivity index (χ3n) is 3.75. The maximum Gasteiger partial charge on any atom is 0.127 e. The highest BCUT2D eigenvalue weighted by Gasteiger charge is 2.06. The van der Waals surface area contributed by atoms with E-state index in [0.717, 1.165) is 30.7 Å². The third kappa shape index (κ3) is 4.61. The van der Waals surface area contributed by atoms with Gasteiger partial charge in [-0.3, -0.25) is 0 Å². The summed E-state index contributed by atoms with van der Waals surface area (Å²) in [6.45, 7) is 6.01. The van der Waals surface area contributed by atoms with Gasteiger partial charge in [0.2, 0.25) is 0 Å². The Bertz CT molecular complexity index is 520. The van der Waals surface area contributed by atoms with Crippen LogP contribution >= 0.6 is 0 Å². The van der Waals surface area contributed by atoms with Crippen molar-refractivity contribution in [2.45, 2.75) is 32.7 Å². The standard InChI is InChI=1S/C19H25NO/c1-3-17(4-2)20-14-15-21-19-13-9-8-12-18(19)16-10-6-5-7-11-16/h5-13,17,20H,3-4,14-15H2,1-2H3. The predicted molar refractivity (Wildman–Crippen MR) is 89.7 cm³/mol. The van der Waals surface area contributed by atoms with E-state index in [1.807, 2.05) is 18.2 Å². The van der Waals surface area contributed by atoms with Gasteiger partial charge in [0.05, 0.1) is 0 Å². The zero-order valence-corrected chi connectivity index (χ0v) is 13.0. The second kappa shape index (κ2) is 8.48. The number of rotatable bonds is 8. The molecule has 0 aliphatic rings. The Hall–Kier alpha value is -1.80. The molecule has 0 radical (unpaired) electrons. The lowest BCUT2D eigenvalue weighted by molar-refractivity contribution is 0.303. The topological polar surface area (TPSA) is 21.3 Å². The van der Waals surface area contributed by atoms with Crippen molar-refractivity contribution in [3.63, 3.8) is 0 Å². The SMILES string of the molecule is CCC(CC)NCCOc1ccccc1-c1ccccc1. The van der Waals surface area contributed by atoms with Crippen LogP contribution in [0, 0.1) is 0 Å². The van der Waals surface area contributed by atoms with Crippen LogP contribution in [0.1, 0.15) is 26.7 Å². The van der Waals surface area contributed by atoms with Crippen molar-refractivity contribution in [2.24, 2.45) is 0 Å². The zero-order valence-electron chi connectivity index (χ0n) is 13.0. The molecule has 0 aliphatic carbocycles. The van der Waals surface area contributed by atoms with Gasteiger partial charge in [0.1, 0.15) is 12.4 Å². The van der Waals surface area contributed by atoms with Crippen molar-refractivity contribution in [2.75, 3.05) is 13.2 Å². The van der Waals surface area contributed by atoms with Gasteiger partial charge in [0.15, 0.2) is 0 Å². The van der Waals surface area contributed by atoms with Gasteiger partial charge in [-0.25, -0.2) is 0 Å². The fourth-order valence-corrected chi connectivity index (χ4v) is 2.45. The van der Waals surface area contributed by atoms with Crippen molar-refractivity contribution >= 4 is 0 Å². The molecule has 1 N–H and O–H groups in total. The van der Waals surface area contributed by atoms with E-state index in [-0.39, 0.29) is 0 Å². The Labute approximate surface area is 128 Å². The minimum absolute atomic E-state index is 0.595. The van der Waals surface area contributed by atoms with Crippen molar-refractivity contribution in [1.29, 1.82) is 0 Å². The summed E-state index contributed by atoms with van der Waals surface area (Å²) in [5.74, 6) is 0.954. The van der Waals surface area contributed by atoms with Crippen LogP contribution in [0.25, 0.3) is 11.1 Å². The van der Waals surface area contributed by atoms with Gasteiger partial charge in [-0.15, -0.1) is 0 Å². The van der Waals surface area contributed by atoms with Crippen LogP contribution in [-0.4, -0.2) is 19.2 Å². The summed E-state index contributed by atoms with van der Waals surface area (Å²) in [7, 11) is 0. The van der Waals surface area contributed by atoms with E-state index in [1.165, 1.54) is 5.56 Å². The molecule has 2 rings (SSSR count). The highest BCUT2D eigenvalue weighted by molar-refractivity contribution is 5.70. The van der Waals surface area contributed by atoms with Crippen molar-refractivity contribution < 1.29 is 4.74 Å². The highest BCUT2D eigenvalue weighted by Crippen LogP contribution is 2.29. The first-order valence-electron chi connectivity index (χ1n) is 7.85. The molecule has 0 fully saturated rings. The zero-order chi connectivity index (χ0) is 14.9. The van der Waals surface area contributed by atoms with Gasteiger partial charge < -0.3 is 10.1 Å². The smallest absolute Gasteiger partial charge is 0.127 e. The number of hydrogen-bond donors (Lipinski definition) is 1. The highest BCUT2D eigenvalue weighted by atomic mass is 16.5. The monoisotopic (exact) mass is 283 g/mol. The molecule has 0 bridgehead atoms. The van der Waals surface area contributed by atoms with Crippen LogP contribution in [-0.2, 0) is 0 Å². The molecule has 112 valence electrons. The number of hydrogen-bond acceptors (Lipinski definition) is 2. The summed E-state index contributed by atoms with van der Waals surface area (Å²) >= 11 is 0. The van der Waals surface area contributed by atoms with Gasteiger partial charge >= 0.3 is 0 Å². The predicted octanol–water partition coefficient (Wildman–Crippen LogP) is 4.51. The Morgan fingerprint density at radius 3 is 2.29 bits per heavy atom. The van der Waals surface area contributed by atoms with Gasteiger partial charge in [-0.1, -0.05) is 62.4 Å². The maximum absolute atomic E-state index is 5.97. The first-order valence-corrected chi connectivity index (χ1v) is 7.85. The Kier molecular flexibility index (Phi) is 6.29. The summed E-state index contributed by atoms with van der Waals surface area (Å²) in [6, 6.07) is 19.2. The lowest BCUT2D eigenvalue weighted by Crippen LogP contribution is -2.31. The summed E-state index contributed by atoms with van der Waals surface area (Å²) in [5.41, 5.74) is 2.35. The molecule has 0 spiro atoms. The van der Waals surface area contributed by atoms with Gasteiger partial charge in [-0.2, -0.15) is 0 Å². The van der Waals surface area contributed by atoms with Crippen LogP contribution in [0.2, 0.25) is 0 Å². The second-order valence-corrected chi connectivity index (χ2v) is 5.18. The molecule has 0 unspecified atom stereocenters. The van der Waals surface area contributed by atoms with Gasteiger partial charge in [0.25, 0.3) is 0 Å². The van der Waals surface area contributed by atoms with E-state index >= 15 is 0 Å². The molecule has 0 aromatic heterocycles. The molecule has 0 aliphatic heterocycles. The number of para-hydroxylation sites is 1. The summed E-state index contributed by atoms with van der Waals surface area (Å²) in [5, 5.41) is 3.52. The van der Waals surface area contributed by atoms with Crippen LogP contribution in [0.3, 0.4) is 0 Å². The molecule has 0 atom stereocenters. The van der Waals surface area contributed by atoms with Gasteiger partial charge in [0, 0.05) is 18.2 Å². The largest absolute Gasteiger partial charge is 0.492 e. The molecular formula is C19H25NO. The first-order chi connectivity index (χ1) is 10.3. The van der Waals surface area contributed by atoms with Gasteiger partial charge in [-0.05, 0) is 24.5 Å². The summed E-state index contributed by atoms with van der Waals surface area (Å²) < 4.78 is 5.97. The Morgan fingerprint density at radius 2 is 1.57 bits per heavy atom. The molecule has 2 heteroatoms. The molecule has 0 amide bonds. The third-order valence-corrected chi connectivity index (χ3v) is 3.75. The normalized spacial score (nSPS) is 10.8. The minimum Gasteiger partial charge on any atom is -0.492 e. The van der Waals surface area contributed by atoms with E-state index in [2.05, 4.69) is 55.6 Å². The van der Waals surface area contributed by atoms with Crippen molar-refractivity contribution in [3.8, 4) is 16.9 Å². The molecule has 2 nitrogen and oxygen atoms in total. The molecule has 2 aromatic rings. The number of nitrogens with one attached hydrogen (secondary N) is 1. The van der Waals surface area contributed by atoms with Crippen LogP contribution in [0.4, 0.5) is 0 Å². The van der Waals surface area contributed by atoms with E-state index in [4.69, 9.17) is 4.74 Å². The lowest BCUT2D eigenvalue weighted by atomic mass is 10.1. The molecule has 21 heavy (non-hydrogen) atoms. The average molecular weight is 283 g/mol. The Morgan fingerprint density at radius 1 is 0.905 bits per heavy atom. The number of ether oxygens (including phenoxy) is 1.